The van der Waals surface area contributed by atoms with Crippen molar-refractivity contribution in [2.45, 2.75) is 39.5 Å². The van der Waals surface area contributed by atoms with Crippen molar-refractivity contribution < 1.29 is 4.74 Å². The maximum atomic E-state index is 6.08. The third-order valence-corrected chi connectivity index (χ3v) is 3.17. The van der Waals surface area contributed by atoms with Crippen LogP contribution in [0.1, 0.15) is 38.3 Å². The molecule has 1 fully saturated rings. The van der Waals surface area contributed by atoms with Crippen molar-refractivity contribution in [1.29, 1.82) is 0 Å². The summed E-state index contributed by atoms with van der Waals surface area (Å²) in [5.74, 6) is 1.30. The molecule has 0 saturated heterocycles. The van der Waals surface area contributed by atoms with Gasteiger partial charge in [-0.15, -0.1) is 0 Å². The van der Waals surface area contributed by atoms with Gasteiger partial charge < -0.3 is 15.0 Å². The van der Waals surface area contributed by atoms with Gasteiger partial charge >= 0.3 is 0 Å². The second kappa shape index (κ2) is 5.02. The molecule has 16 heavy (non-hydrogen) atoms. The van der Waals surface area contributed by atoms with E-state index < -0.39 is 0 Å². The summed E-state index contributed by atoms with van der Waals surface area (Å²) in [5.41, 5.74) is 7.28. The van der Waals surface area contributed by atoms with Gasteiger partial charge in [0.05, 0.1) is 6.61 Å². The van der Waals surface area contributed by atoms with Crippen LogP contribution in [-0.2, 0) is 11.5 Å². The van der Waals surface area contributed by atoms with Gasteiger partial charge in [-0.3, -0.25) is 0 Å². The topological polar surface area (TPSA) is 40.2 Å². The highest BCUT2D eigenvalue weighted by molar-refractivity contribution is 5.15. The predicted molar refractivity (Wildman–Crippen MR) is 64.9 cm³/mol. The molecule has 0 amide bonds. The zero-order valence-corrected chi connectivity index (χ0v) is 10.2. The zero-order valence-electron chi connectivity index (χ0n) is 10.2. The van der Waals surface area contributed by atoms with E-state index in [-0.39, 0.29) is 6.04 Å². The van der Waals surface area contributed by atoms with Crippen LogP contribution < -0.4 is 5.73 Å². The minimum Gasteiger partial charge on any atom is -0.361 e. The summed E-state index contributed by atoms with van der Waals surface area (Å²) in [6, 6.07) is 2.22. The first-order chi connectivity index (χ1) is 7.66. The van der Waals surface area contributed by atoms with E-state index in [1.807, 2.05) is 6.20 Å². The van der Waals surface area contributed by atoms with E-state index in [1.54, 1.807) is 0 Å². The van der Waals surface area contributed by atoms with E-state index in [2.05, 4.69) is 30.7 Å². The Labute approximate surface area is 97.6 Å². The Morgan fingerprint density at radius 3 is 2.88 bits per heavy atom. The fourth-order valence-electron chi connectivity index (χ4n) is 1.73. The second-order valence-corrected chi connectivity index (χ2v) is 5.17. The summed E-state index contributed by atoms with van der Waals surface area (Å²) in [6.07, 6.45) is 6.83. The Hall–Kier alpha value is -0.800. The average Bonchev–Trinajstić information content (AvgIpc) is 2.94. The maximum Gasteiger partial charge on any atom is 0.122 e. The van der Waals surface area contributed by atoms with Gasteiger partial charge in [-0.1, -0.05) is 13.8 Å². The van der Waals surface area contributed by atoms with Gasteiger partial charge in [0.1, 0.15) is 6.73 Å². The summed E-state index contributed by atoms with van der Waals surface area (Å²) in [7, 11) is 0. The zero-order chi connectivity index (χ0) is 11.5. The maximum absolute atomic E-state index is 6.08. The first-order valence-corrected chi connectivity index (χ1v) is 6.16. The van der Waals surface area contributed by atoms with E-state index in [0.29, 0.717) is 12.6 Å². The Kier molecular flexibility index (Phi) is 3.66. The average molecular weight is 222 g/mol. The van der Waals surface area contributed by atoms with Gasteiger partial charge in [-0.25, -0.2) is 0 Å². The number of aromatic nitrogens is 1. The van der Waals surface area contributed by atoms with Crippen LogP contribution in [-0.4, -0.2) is 11.2 Å². The first-order valence-electron chi connectivity index (χ1n) is 6.16. The molecule has 2 rings (SSSR count). The minimum absolute atomic E-state index is 0.129. The molecule has 90 valence electrons. The monoisotopic (exact) mass is 222 g/mol. The Morgan fingerprint density at radius 2 is 2.25 bits per heavy atom. The summed E-state index contributed by atoms with van der Waals surface area (Å²) in [6.45, 7) is 5.85. The lowest BCUT2D eigenvalue weighted by atomic mass is 10.00. The van der Waals surface area contributed by atoms with Crippen LogP contribution in [0.15, 0.2) is 18.5 Å². The number of nitrogens with zero attached hydrogens (tertiary/aromatic N) is 1. The number of rotatable bonds is 6. The molecule has 1 aliphatic rings. The number of hydrogen-bond donors (Lipinski definition) is 1. The lowest BCUT2D eigenvalue weighted by Crippen LogP contribution is -2.16. The van der Waals surface area contributed by atoms with Gasteiger partial charge in [-0.05, 0) is 36.3 Å². The van der Waals surface area contributed by atoms with Gasteiger partial charge in [0.2, 0.25) is 0 Å². The molecule has 1 saturated carbocycles. The third kappa shape index (κ3) is 3.09. The van der Waals surface area contributed by atoms with Gasteiger partial charge in [0, 0.05) is 18.4 Å². The van der Waals surface area contributed by atoms with Gasteiger partial charge in [0.25, 0.3) is 0 Å². The summed E-state index contributed by atoms with van der Waals surface area (Å²) in [5, 5.41) is 0. The molecule has 0 aliphatic heterocycles. The molecule has 0 radical (unpaired) electrons. The van der Waals surface area contributed by atoms with Crippen LogP contribution in [0.25, 0.3) is 0 Å². The number of ether oxygens (including phenoxy) is 1. The van der Waals surface area contributed by atoms with Crippen molar-refractivity contribution in [1.82, 2.24) is 4.57 Å². The van der Waals surface area contributed by atoms with Crippen molar-refractivity contribution >= 4 is 0 Å². The fraction of sp³-hybridized carbons (Fsp3) is 0.692. The quantitative estimate of drug-likeness (QED) is 0.803. The van der Waals surface area contributed by atoms with E-state index in [4.69, 9.17) is 10.5 Å². The van der Waals surface area contributed by atoms with Crippen LogP contribution in [0.2, 0.25) is 0 Å². The van der Waals surface area contributed by atoms with Crippen molar-refractivity contribution in [2.24, 2.45) is 17.6 Å². The summed E-state index contributed by atoms with van der Waals surface area (Å²) in [4.78, 5) is 0. The molecule has 1 aliphatic carbocycles. The minimum atomic E-state index is 0.129. The van der Waals surface area contributed by atoms with Crippen molar-refractivity contribution in [3.63, 3.8) is 0 Å². The van der Waals surface area contributed by atoms with Crippen LogP contribution in [0, 0.1) is 11.8 Å². The fourth-order valence-corrected chi connectivity index (χ4v) is 1.73. The normalized spacial score (nSPS) is 18.0. The van der Waals surface area contributed by atoms with Crippen LogP contribution >= 0.6 is 0 Å². The lowest BCUT2D eigenvalue weighted by Gasteiger charge is -2.13. The molecular formula is C13H22N2O. The highest BCUT2D eigenvalue weighted by atomic mass is 16.5. The summed E-state index contributed by atoms with van der Waals surface area (Å²) >= 11 is 0. The smallest absolute Gasteiger partial charge is 0.122 e. The largest absolute Gasteiger partial charge is 0.361 e. The lowest BCUT2D eigenvalue weighted by molar-refractivity contribution is 0.0691. The van der Waals surface area contributed by atoms with Crippen molar-refractivity contribution in [2.75, 3.05) is 6.61 Å². The molecule has 0 spiro atoms. The highest BCUT2D eigenvalue weighted by Gasteiger charge is 2.21. The molecule has 0 aromatic carbocycles. The molecule has 1 unspecified atom stereocenters. The van der Waals surface area contributed by atoms with E-state index in [0.717, 1.165) is 12.5 Å². The highest BCUT2D eigenvalue weighted by Crippen LogP contribution is 2.28. The van der Waals surface area contributed by atoms with Crippen LogP contribution in [0.4, 0.5) is 0 Å². The Morgan fingerprint density at radius 1 is 1.50 bits per heavy atom. The summed E-state index contributed by atoms with van der Waals surface area (Å²) < 4.78 is 7.69. The van der Waals surface area contributed by atoms with Gasteiger partial charge in [-0.2, -0.15) is 0 Å². The molecule has 3 nitrogen and oxygen atoms in total. The molecule has 0 bridgehead atoms. The second-order valence-electron chi connectivity index (χ2n) is 5.17. The molecular weight excluding hydrogens is 200 g/mol. The van der Waals surface area contributed by atoms with Crippen molar-refractivity contribution in [3.05, 3.63) is 24.0 Å². The predicted octanol–water partition coefficient (Wildman–Crippen LogP) is 2.53. The Bertz CT molecular complexity index is 328. The van der Waals surface area contributed by atoms with E-state index in [1.165, 1.54) is 18.4 Å². The van der Waals surface area contributed by atoms with Crippen LogP contribution in [0.5, 0.6) is 0 Å². The van der Waals surface area contributed by atoms with E-state index >= 15 is 0 Å². The number of nitrogens with two attached hydrogens (primary N) is 1. The standard InChI is InChI=1S/C13H22N2O/c1-10(2)13(14)12-5-6-15(7-12)9-16-8-11-3-4-11/h5-7,10-11,13H,3-4,8-9,14H2,1-2H3. The molecule has 1 aromatic heterocycles. The van der Waals surface area contributed by atoms with Crippen LogP contribution in [0.3, 0.4) is 0 Å². The molecule has 3 heteroatoms. The molecule has 1 aromatic rings. The third-order valence-electron chi connectivity index (χ3n) is 3.17. The Balaban J connectivity index is 1.81. The van der Waals surface area contributed by atoms with Gasteiger partial charge in [0.15, 0.2) is 0 Å². The number of hydrogen-bond acceptors (Lipinski definition) is 2. The van der Waals surface area contributed by atoms with E-state index in [9.17, 15) is 0 Å². The molecule has 1 heterocycles. The van der Waals surface area contributed by atoms with Crippen molar-refractivity contribution in [3.8, 4) is 0 Å². The first kappa shape index (κ1) is 11.7. The molecule has 2 N–H and O–H groups in total. The SMILES string of the molecule is CC(C)C(N)c1ccn(COCC2CC2)c1. The molecule has 1 atom stereocenters.